The molecule has 0 aliphatic carbocycles. The molecule has 1 aromatic carbocycles. The average molecular weight is 366 g/mol. The number of benzene rings is 1. The number of nitrogens with one attached hydrogen (secondary N) is 1. The molecular formula is C22H39NO3. The number of carbonyl (C=O) groups is 1. The highest BCUT2D eigenvalue weighted by Crippen LogP contribution is 2.36. The molecule has 1 aromatic rings. The van der Waals surface area contributed by atoms with E-state index in [0.717, 1.165) is 12.0 Å². The molecule has 2 rings (SSSR count). The molecular weight excluding hydrogens is 326 g/mol. The lowest BCUT2D eigenvalue weighted by Gasteiger charge is -2.42. The first-order chi connectivity index (χ1) is 11.8. The van der Waals surface area contributed by atoms with Crippen LogP contribution in [-0.2, 0) is 14.3 Å². The summed E-state index contributed by atoms with van der Waals surface area (Å²) in [6, 6.07) is 10.00. The van der Waals surface area contributed by atoms with E-state index in [1.807, 2.05) is 37.3 Å². The monoisotopic (exact) mass is 365 g/mol. The zero-order valence-electron chi connectivity index (χ0n) is 16.8. The zero-order chi connectivity index (χ0) is 19.0. The highest BCUT2D eigenvalue weighted by Gasteiger charge is 2.38. The maximum atomic E-state index is 10.7. The lowest BCUT2D eigenvalue weighted by molar-refractivity contribution is -0.237. The largest absolute Gasteiger partial charge is 0.356 e. The summed E-state index contributed by atoms with van der Waals surface area (Å²) in [5, 5.41) is 2.82. The Morgan fingerprint density at radius 3 is 2.19 bits per heavy atom. The van der Waals surface area contributed by atoms with Crippen molar-refractivity contribution in [2.45, 2.75) is 73.8 Å². The first kappa shape index (κ1) is 24.6. The molecule has 0 aromatic heterocycles. The van der Waals surface area contributed by atoms with E-state index >= 15 is 0 Å². The summed E-state index contributed by atoms with van der Waals surface area (Å²) in [5.74, 6) is 1.84. The van der Waals surface area contributed by atoms with Crippen molar-refractivity contribution in [3.63, 3.8) is 0 Å². The Hall–Kier alpha value is -1.39. The Morgan fingerprint density at radius 2 is 1.73 bits per heavy atom. The van der Waals surface area contributed by atoms with Crippen molar-refractivity contribution < 1.29 is 14.3 Å². The van der Waals surface area contributed by atoms with Gasteiger partial charge in [0.1, 0.15) is 0 Å². The van der Waals surface area contributed by atoms with Crippen LogP contribution >= 0.6 is 0 Å². The second-order valence-electron chi connectivity index (χ2n) is 7.10. The maximum absolute atomic E-state index is 10.7. The SMILES string of the molecule is C.CC(=O)N[C@@H](C)c1ccccc1.CCC1OC(OC)C(C)C(C)C1C. The van der Waals surface area contributed by atoms with Gasteiger partial charge in [0, 0.05) is 20.0 Å². The predicted molar refractivity (Wildman–Crippen MR) is 109 cm³/mol. The Morgan fingerprint density at radius 1 is 1.15 bits per heavy atom. The summed E-state index contributed by atoms with van der Waals surface area (Å²) in [7, 11) is 1.73. The summed E-state index contributed by atoms with van der Waals surface area (Å²) in [6.07, 6.45) is 1.45. The van der Waals surface area contributed by atoms with E-state index in [1.165, 1.54) is 6.92 Å². The van der Waals surface area contributed by atoms with E-state index in [1.54, 1.807) is 7.11 Å². The lowest BCUT2D eigenvalue weighted by atomic mass is 9.78. The molecule has 26 heavy (non-hydrogen) atoms. The molecule has 1 heterocycles. The molecule has 0 bridgehead atoms. The van der Waals surface area contributed by atoms with Gasteiger partial charge in [-0.2, -0.15) is 0 Å². The number of methoxy groups -OCH3 is 1. The Labute approximate surface area is 160 Å². The highest BCUT2D eigenvalue weighted by molar-refractivity contribution is 5.73. The van der Waals surface area contributed by atoms with Crippen molar-refractivity contribution in [3.8, 4) is 0 Å². The molecule has 150 valence electrons. The summed E-state index contributed by atoms with van der Waals surface area (Å²) >= 11 is 0. The molecule has 1 aliphatic rings. The van der Waals surface area contributed by atoms with E-state index in [0.29, 0.717) is 23.9 Å². The molecule has 1 saturated heterocycles. The van der Waals surface area contributed by atoms with E-state index in [-0.39, 0.29) is 25.7 Å². The predicted octanol–water partition coefficient (Wildman–Crippen LogP) is 5.20. The smallest absolute Gasteiger partial charge is 0.217 e. The Kier molecular flexibility index (Phi) is 11.4. The van der Waals surface area contributed by atoms with Crippen molar-refractivity contribution in [3.05, 3.63) is 35.9 Å². The van der Waals surface area contributed by atoms with E-state index < -0.39 is 0 Å². The molecule has 4 nitrogen and oxygen atoms in total. The van der Waals surface area contributed by atoms with Gasteiger partial charge in [0.2, 0.25) is 5.91 Å². The number of ether oxygens (including phenoxy) is 2. The van der Waals surface area contributed by atoms with Crippen molar-refractivity contribution in [1.82, 2.24) is 5.32 Å². The number of rotatable bonds is 4. The van der Waals surface area contributed by atoms with Gasteiger partial charge in [0.15, 0.2) is 6.29 Å². The van der Waals surface area contributed by atoms with Crippen molar-refractivity contribution >= 4 is 5.91 Å². The van der Waals surface area contributed by atoms with Gasteiger partial charge in [0.05, 0.1) is 12.1 Å². The molecule has 0 saturated carbocycles. The van der Waals surface area contributed by atoms with E-state index in [2.05, 4.69) is 33.0 Å². The minimum Gasteiger partial charge on any atom is -0.356 e. The molecule has 1 N–H and O–H groups in total. The molecule has 6 atom stereocenters. The Balaban J connectivity index is 0.000000464. The van der Waals surface area contributed by atoms with Crippen LogP contribution in [0.2, 0.25) is 0 Å². The van der Waals surface area contributed by atoms with Gasteiger partial charge in [-0.1, -0.05) is 65.5 Å². The molecule has 1 aliphatic heterocycles. The van der Waals surface area contributed by atoms with Crippen LogP contribution in [-0.4, -0.2) is 25.4 Å². The van der Waals surface area contributed by atoms with Crippen molar-refractivity contribution in [2.24, 2.45) is 17.8 Å². The summed E-state index contributed by atoms with van der Waals surface area (Å²) < 4.78 is 11.2. The van der Waals surface area contributed by atoms with E-state index in [4.69, 9.17) is 9.47 Å². The zero-order valence-corrected chi connectivity index (χ0v) is 16.8. The quantitative estimate of drug-likeness (QED) is 0.798. The molecule has 1 amide bonds. The van der Waals surface area contributed by atoms with Gasteiger partial charge in [-0.15, -0.1) is 0 Å². The van der Waals surface area contributed by atoms with Crippen LogP contribution in [0.3, 0.4) is 0 Å². The van der Waals surface area contributed by atoms with Gasteiger partial charge >= 0.3 is 0 Å². The molecule has 0 spiro atoms. The minimum atomic E-state index is -0.00356. The topological polar surface area (TPSA) is 47.6 Å². The van der Waals surface area contributed by atoms with Crippen LogP contribution < -0.4 is 5.32 Å². The lowest BCUT2D eigenvalue weighted by Crippen LogP contribution is -2.45. The second kappa shape index (κ2) is 12.1. The van der Waals surface area contributed by atoms with Crippen LogP contribution in [0.25, 0.3) is 0 Å². The first-order valence-electron chi connectivity index (χ1n) is 9.32. The fraction of sp³-hybridized carbons (Fsp3) is 0.682. The number of carbonyl (C=O) groups excluding carboxylic acids is 1. The summed E-state index contributed by atoms with van der Waals surface area (Å²) in [6.45, 7) is 12.5. The number of hydrogen-bond donors (Lipinski definition) is 1. The molecule has 5 unspecified atom stereocenters. The molecule has 0 radical (unpaired) electrons. The van der Waals surface area contributed by atoms with Gasteiger partial charge in [-0.25, -0.2) is 0 Å². The summed E-state index contributed by atoms with van der Waals surface area (Å²) in [5.41, 5.74) is 1.13. The number of amides is 1. The minimum absolute atomic E-state index is 0. The van der Waals surface area contributed by atoms with Crippen LogP contribution in [0.5, 0.6) is 0 Å². The second-order valence-corrected chi connectivity index (χ2v) is 7.10. The molecule has 4 heteroatoms. The van der Waals surface area contributed by atoms with Gasteiger partial charge < -0.3 is 14.8 Å². The fourth-order valence-electron chi connectivity index (χ4n) is 3.35. The third kappa shape index (κ3) is 7.08. The van der Waals surface area contributed by atoms with Gasteiger partial charge in [-0.3, -0.25) is 4.79 Å². The third-order valence-electron chi connectivity index (χ3n) is 5.34. The Bertz CT molecular complexity index is 485. The van der Waals surface area contributed by atoms with Crippen molar-refractivity contribution in [2.75, 3.05) is 7.11 Å². The number of hydrogen-bond acceptors (Lipinski definition) is 3. The normalized spacial score (nSPS) is 28.8. The summed E-state index contributed by atoms with van der Waals surface area (Å²) in [4.78, 5) is 10.7. The van der Waals surface area contributed by atoms with Crippen LogP contribution in [0.15, 0.2) is 30.3 Å². The highest BCUT2D eigenvalue weighted by atomic mass is 16.7. The third-order valence-corrected chi connectivity index (χ3v) is 5.34. The van der Waals surface area contributed by atoms with Crippen LogP contribution in [0.1, 0.15) is 67.0 Å². The van der Waals surface area contributed by atoms with E-state index in [9.17, 15) is 4.79 Å². The van der Waals surface area contributed by atoms with Crippen LogP contribution in [0.4, 0.5) is 0 Å². The van der Waals surface area contributed by atoms with Gasteiger partial charge in [0.25, 0.3) is 0 Å². The average Bonchev–Trinajstić information content (AvgIpc) is 2.61. The standard InChI is InChI=1S/C11H22O2.C10H13NO.CH4/c1-6-10-8(3)7(2)9(4)11(12-5)13-10;1-8(11-9(2)12)10-6-4-3-5-7-10;/h7-11H,6H2,1-5H3;3-8H,1-2H3,(H,11,12);1H4/t;8-;/m.0./s1. The fourth-order valence-corrected chi connectivity index (χ4v) is 3.35. The van der Waals surface area contributed by atoms with Crippen molar-refractivity contribution in [1.29, 1.82) is 0 Å². The molecule has 1 fully saturated rings. The first-order valence-corrected chi connectivity index (χ1v) is 9.32. The van der Waals surface area contributed by atoms with Gasteiger partial charge in [-0.05, 0) is 30.7 Å². The van der Waals surface area contributed by atoms with Crippen LogP contribution in [0, 0.1) is 17.8 Å². The maximum Gasteiger partial charge on any atom is 0.217 e.